The third-order valence-electron chi connectivity index (χ3n) is 2.52. The minimum Gasteiger partial charge on any atom is -0.394 e. The average molecular weight is 253 g/mol. The fraction of sp³-hybridized carbons (Fsp3) is 0.462. The van der Waals surface area contributed by atoms with E-state index in [1.54, 1.807) is 17.4 Å². The molecule has 0 aliphatic carbocycles. The molecule has 94 valence electrons. The van der Waals surface area contributed by atoms with Gasteiger partial charge in [-0.15, -0.1) is 11.3 Å². The third-order valence-corrected chi connectivity index (χ3v) is 3.36. The van der Waals surface area contributed by atoms with E-state index in [1.165, 1.54) is 6.08 Å². The Bertz CT molecular complexity index is 373. The van der Waals surface area contributed by atoms with Crippen LogP contribution in [-0.2, 0) is 4.79 Å². The van der Waals surface area contributed by atoms with Crippen molar-refractivity contribution in [1.29, 1.82) is 0 Å². The maximum atomic E-state index is 11.7. The van der Waals surface area contributed by atoms with Crippen molar-refractivity contribution in [1.82, 2.24) is 5.32 Å². The predicted octanol–water partition coefficient (Wildman–Crippen LogP) is 2.43. The van der Waals surface area contributed by atoms with Crippen molar-refractivity contribution in [2.75, 3.05) is 6.61 Å². The largest absolute Gasteiger partial charge is 0.394 e. The fourth-order valence-corrected chi connectivity index (χ4v) is 2.23. The van der Waals surface area contributed by atoms with Crippen LogP contribution in [0, 0.1) is 0 Å². The molecule has 0 saturated carbocycles. The first-order valence-electron chi connectivity index (χ1n) is 5.74. The van der Waals surface area contributed by atoms with Crippen LogP contribution in [0.4, 0.5) is 0 Å². The van der Waals surface area contributed by atoms with Crippen molar-refractivity contribution in [2.45, 2.75) is 32.2 Å². The standard InChI is InChI=1S/C13H19NO2S/c1-3-8-13(2,10-15)14-12(16)7-6-11-5-4-9-17-11/h4-7,9,15H,3,8,10H2,1-2H3,(H,14,16)/b7-6+. The van der Waals surface area contributed by atoms with Crippen molar-refractivity contribution in [3.63, 3.8) is 0 Å². The Balaban J connectivity index is 2.53. The number of aliphatic hydroxyl groups excluding tert-OH is 1. The van der Waals surface area contributed by atoms with Crippen LogP contribution < -0.4 is 5.32 Å². The minimum absolute atomic E-state index is 0.0422. The van der Waals surface area contributed by atoms with Crippen LogP contribution >= 0.6 is 11.3 Å². The molecule has 1 amide bonds. The lowest BCUT2D eigenvalue weighted by atomic mass is 9.97. The van der Waals surface area contributed by atoms with Crippen LogP contribution in [0.15, 0.2) is 23.6 Å². The molecule has 0 bridgehead atoms. The van der Waals surface area contributed by atoms with Gasteiger partial charge in [-0.25, -0.2) is 0 Å². The number of amides is 1. The van der Waals surface area contributed by atoms with E-state index in [2.05, 4.69) is 5.32 Å². The lowest BCUT2D eigenvalue weighted by molar-refractivity contribution is -0.118. The zero-order chi connectivity index (χ0) is 12.7. The number of hydrogen-bond acceptors (Lipinski definition) is 3. The molecule has 0 aliphatic rings. The zero-order valence-corrected chi connectivity index (χ0v) is 11.1. The highest BCUT2D eigenvalue weighted by atomic mass is 32.1. The fourth-order valence-electron chi connectivity index (χ4n) is 1.62. The topological polar surface area (TPSA) is 49.3 Å². The van der Waals surface area contributed by atoms with Gasteiger partial charge in [-0.1, -0.05) is 19.4 Å². The number of carbonyl (C=O) groups is 1. The summed E-state index contributed by atoms with van der Waals surface area (Å²) in [5.74, 6) is -0.164. The van der Waals surface area contributed by atoms with Gasteiger partial charge in [0, 0.05) is 11.0 Å². The summed E-state index contributed by atoms with van der Waals surface area (Å²) in [6.07, 6.45) is 4.98. The van der Waals surface area contributed by atoms with Gasteiger partial charge in [0.05, 0.1) is 12.1 Å². The van der Waals surface area contributed by atoms with Crippen LogP contribution in [0.2, 0.25) is 0 Å². The summed E-state index contributed by atoms with van der Waals surface area (Å²) in [4.78, 5) is 12.7. The van der Waals surface area contributed by atoms with E-state index in [0.29, 0.717) is 0 Å². The second-order valence-electron chi connectivity index (χ2n) is 4.31. The van der Waals surface area contributed by atoms with Crippen molar-refractivity contribution in [3.05, 3.63) is 28.5 Å². The van der Waals surface area contributed by atoms with Gasteiger partial charge in [0.25, 0.3) is 0 Å². The monoisotopic (exact) mass is 253 g/mol. The second kappa shape index (κ2) is 6.57. The van der Waals surface area contributed by atoms with Gasteiger partial charge >= 0.3 is 0 Å². The Kier molecular flexibility index (Phi) is 5.38. The molecule has 17 heavy (non-hydrogen) atoms. The molecule has 0 radical (unpaired) electrons. The Hall–Kier alpha value is -1.13. The first kappa shape index (κ1) is 13.9. The van der Waals surface area contributed by atoms with Crippen LogP contribution in [-0.4, -0.2) is 23.2 Å². The Morgan fingerprint density at radius 2 is 2.41 bits per heavy atom. The summed E-state index contributed by atoms with van der Waals surface area (Å²) in [5, 5.41) is 14.1. The van der Waals surface area contributed by atoms with Gasteiger partial charge in [-0.2, -0.15) is 0 Å². The van der Waals surface area contributed by atoms with Gasteiger partial charge in [-0.05, 0) is 30.9 Å². The molecule has 1 atom stereocenters. The molecule has 1 heterocycles. The SMILES string of the molecule is CCCC(C)(CO)NC(=O)/C=C/c1cccs1. The zero-order valence-electron chi connectivity index (χ0n) is 10.3. The van der Waals surface area contributed by atoms with Crippen molar-refractivity contribution in [2.24, 2.45) is 0 Å². The van der Waals surface area contributed by atoms with Crippen molar-refractivity contribution in [3.8, 4) is 0 Å². The van der Waals surface area contributed by atoms with Gasteiger partial charge < -0.3 is 10.4 Å². The van der Waals surface area contributed by atoms with E-state index in [4.69, 9.17) is 0 Å². The third kappa shape index (κ3) is 4.71. The molecule has 0 spiro atoms. The molecule has 1 aromatic heterocycles. The van der Waals surface area contributed by atoms with Gasteiger partial charge in [0.1, 0.15) is 0 Å². The molecule has 0 saturated heterocycles. The van der Waals surface area contributed by atoms with Gasteiger partial charge in [-0.3, -0.25) is 4.79 Å². The summed E-state index contributed by atoms with van der Waals surface area (Å²) in [7, 11) is 0. The van der Waals surface area contributed by atoms with E-state index in [9.17, 15) is 9.90 Å². The second-order valence-corrected chi connectivity index (χ2v) is 5.29. The van der Waals surface area contributed by atoms with Gasteiger partial charge in [0.2, 0.25) is 5.91 Å². The summed E-state index contributed by atoms with van der Waals surface area (Å²) in [6.45, 7) is 3.84. The minimum atomic E-state index is -0.522. The Labute approximate surface area is 106 Å². The first-order valence-corrected chi connectivity index (χ1v) is 6.62. The van der Waals surface area contributed by atoms with E-state index >= 15 is 0 Å². The smallest absolute Gasteiger partial charge is 0.244 e. The number of hydrogen-bond donors (Lipinski definition) is 2. The molecule has 0 fully saturated rings. The molecule has 4 heteroatoms. The highest BCUT2D eigenvalue weighted by Gasteiger charge is 2.23. The maximum Gasteiger partial charge on any atom is 0.244 e. The first-order chi connectivity index (χ1) is 8.09. The van der Waals surface area contributed by atoms with Crippen LogP contribution in [0.25, 0.3) is 6.08 Å². The Morgan fingerprint density at radius 1 is 1.65 bits per heavy atom. The molecule has 1 rings (SSSR count). The van der Waals surface area contributed by atoms with Crippen LogP contribution in [0.1, 0.15) is 31.6 Å². The molecular weight excluding hydrogens is 234 g/mol. The predicted molar refractivity (Wildman–Crippen MR) is 71.9 cm³/mol. The molecule has 0 aromatic carbocycles. The molecule has 2 N–H and O–H groups in total. The van der Waals surface area contributed by atoms with Crippen molar-refractivity contribution < 1.29 is 9.90 Å². The Morgan fingerprint density at radius 3 is 2.94 bits per heavy atom. The lowest BCUT2D eigenvalue weighted by Gasteiger charge is -2.27. The maximum absolute atomic E-state index is 11.7. The number of rotatable bonds is 6. The number of aliphatic hydroxyl groups is 1. The average Bonchev–Trinajstić information content (AvgIpc) is 2.79. The number of thiophene rings is 1. The summed E-state index contributed by atoms with van der Waals surface area (Å²) < 4.78 is 0. The molecular formula is C13H19NO2S. The summed E-state index contributed by atoms with van der Waals surface area (Å²) in [5.41, 5.74) is -0.522. The highest BCUT2D eigenvalue weighted by molar-refractivity contribution is 7.10. The molecule has 1 unspecified atom stereocenters. The molecule has 3 nitrogen and oxygen atoms in total. The summed E-state index contributed by atoms with van der Waals surface area (Å²) in [6, 6.07) is 3.89. The number of nitrogens with one attached hydrogen (secondary N) is 1. The summed E-state index contributed by atoms with van der Waals surface area (Å²) >= 11 is 1.58. The number of carbonyl (C=O) groups excluding carboxylic acids is 1. The molecule has 0 aliphatic heterocycles. The van der Waals surface area contributed by atoms with Crippen molar-refractivity contribution >= 4 is 23.3 Å². The van der Waals surface area contributed by atoms with E-state index < -0.39 is 5.54 Å². The normalized spacial score (nSPS) is 14.8. The van der Waals surface area contributed by atoms with Crippen LogP contribution in [0.5, 0.6) is 0 Å². The molecule has 1 aromatic rings. The van der Waals surface area contributed by atoms with E-state index in [0.717, 1.165) is 17.7 Å². The highest BCUT2D eigenvalue weighted by Crippen LogP contribution is 2.12. The van der Waals surface area contributed by atoms with E-state index in [1.807, 2.05) is 31.4 Å². The lowest BCUT2D eigenvalue weighted by Crippen LogP contribution is -2.48. The van der Waals surface area contributed by atoms with Crippen LogP contribution in [0.3, 0.4) is 0 Å². The quantitative estimate of drug-likeness (QED) is 0.765. The van der Waals surface area contributed by atoms with E-state index in [-0.39, 0.29) is 12.5 Å². The van der Waals surface area contributed by atoms with Gasteiger partial charge in [0.15, 0.2) is 0 Å².